The first-order valence-electron chi connectivity index (χ1n) is 9.01. The molecule has 1 aliphatic heterocycles. The maximum atomic E-state index is 12.9. The topological polar surface area (TPSA) is 20.3 Å². The fraction of sp³-hybridized carbons (Fsp3) is 0.550. The molecule has 2 aromatic rings. The number of carbonyl (C=O) groups excluding carboxylic acids is 1. The summed E-state index contributed by atoms with van der Waals surface area (Å²) in [6.07, 6.45) is 8.38. The van der Waals surface area contributed by atoms with Crippen LogP contribution in [0.5, 0.6) is 0 Å². The lowest BCUT2D eigenvalue weighted by Crippen LogP contribution is -2.39. The third-order valence-corrected chi connectivity index (χ3v) is 7.04. The summed E-state index contributed by atoms with van der Waals surface area (Å²) in [6, 6.07) is 9.14. The van der Waals surface area contributed by atoms with Crippen LogP contribution in [0.3, 0.4) is 0 Å². The van der Waals surface area contributed by atoms with Crippen LogP contribution < -0.4 is 0 Å². The van der Waals surface area contributed by atoms with Crippen LogP contribution in [0.4, 0.5) is 0 Å². The minimum atomic E-state index is 0.212. The fourth-order valence-electron chi connectivity index (χ4n) is 4.35. The zero-order valence-corrected chi connectivity index (χ0v) is 14.7. The van der Waals surface area contributed by atoms with Gasteiger partial charge in [0.1, 0.15) is 0 Å². The second-order valence-electron chi connectivity index (χ2n) is 7.16. The summed E-state index contributed by atoms with van der Waals surface area (Å²) in [6.45, 7) is 3.20. The van der Waals surface area contributed by atoms with Gasteiger partial charge < -0.3 is 4.90 Å². The molecule has 2 fully saturated rings. The van der Waals surface area contributed by atoms with Gasteiger partial charge in [-0.15, -0.1) is 11.3 Å². The summed E-state index contributed by atoms with van der Waals surface area (Å²) in [5.74, 6) is 0.637. The summed E-state index contributed by atoms with van der Waals surface area (Å²) in [7, 11) is 0. The van der Waals surface area contributed by atoms with Crippen molar-refractivity contribution in [3.63, 3.8) is 0 Å². The Morgan fingerprint density at radius 3 is 2.70 bits per heavy atom. The van der Waals surface area contributed by atoms with E-state index in [1.165, 1.54) is 52.6 Å². The van der Waals surface area contributed by atoms with Crippen LogP contribution >= 0.6 is 11.3 Å². The van der Waals surface area contributed by atoms with Gasteiger partial charge in [-0.2, -0.15) is 0 Å². The van der Waals surface area contributed by atoms with Gasteiger partial charge in [-0.25, -0.2) is 0 Å². The molecule has 0 N–H and O–H groups in total. The third kappa shape index (κ3) is 2.80. The summed E-state index contributed by atoms with van der Waals surface area (Å²) in [4.78, 5) is 16.5. The average Bonchev–Trinajstić information content (AvgIpc) is 3.10. The van der Waals surface area contributed by atoms with E-state index in [1.807, 2.05) is 11.3 Å². The van der Waals surface area contributed by atoms with Gasteiger partial charge in [-0.05, 0) is 49.6 Å². The lowest BCUT2D eigenvalue weighted by atomic mass is 9.94. The van der Waals surface area contributed by atoms with Crippen LogP contribution in [0.2, 0.25) is 0 Å². The van der Waals surface area contributed by atoms with Gasteiger partial charge in [0.05, 0.1) is 0 Å². The number of likely N-dealkylation sites (tertiary alicyclic amines) is 1. The number of nitrogens with zero attached hydrogens (tertiary/aromatic N) is 1. The minimum absolute atomic E-state index is 0.212. The van der Waals surface area contributed by atoms with E-state index in [0.717, 1.165) is 19.4 Å². The summed E-state index contributed by atoms with van der Waals surface area (Å²) in [5, 5.41) is 1.36. The van der Waals surface area contributed by atoms with Crippen molar-refractivity contribution < 1.29 is 4.79 Å². The van der Waals surface area contributed by atoms with Crippen molar-refractivity contribution in [2.24, 2.45) is 5.92 Å². The molecule has 23 heavy (non-hydrogen) atoms. The molecule has 2 nitrogen and oxygen atoms in total. The highest BCUT2D eigenvalue weighted by atomic mass is 32.1. The number of amides is 1. The van der Waals surface area contributed by atoms with Gasteiger partial charge in [0.15, 0.2) is 0 Å². The highest BCUT2D eigenvalue weighted by molar-refractivity contribution is 7.19. The summed E-state index contributed by atoms with van der Waals surface area (Å²) >= 11 is 1.88. The fourth-order valence-corrected chi connectivity index (χ4v) is 5.64. The Balaban J connectivity index is 1.50. The van der Waals surface area contributed by atoms with Gasteiger partial charge in [0.25, 0.3) is 0 Å². The van der Waals surface area contributed by atoms with Crippen LogP contribution in [0.15, 0.2) is 24.3 Å². The summed E-state index contributed by atoms with van der Waals surface area (Å²) < 4.78 is 1.36. The standard InChI is InChI=1S/C20H25NOS/c1-14-17-9-5-6-10-18(17)23-19(14)13-15-11-12-21(20(15)22)16-7-3-2-4-8-16/h5-6,9-10,15-16H,2-4,7-8,11-13H2,1H3. The van der Waals surface area contributed by atoms with E-state index in [0.29, 0.717) is 11.9 Å². The first-order chi connectivity index (χ1) is 11.2. The Morgan fingerprint density at radius 1 is 1.13 bits per heavy atom. The van der Waals surface area contributed by atoms with E-state index in [1.54, 1.807) is 0 Å². The number of hydrogen-bond acceptors (Lipinski definition) is 2. The molecule has 2 aliphatic rings. The van der Waals surface area contributed by atoms with Crippen LogP contribution in [0.1, 0.15) is 49.0 Å². The molecule has 1 atom stereocenters. The maximum absolute atomic E-state index is 12.9. The van der Waals surface area contributed by atoms with Crippen LogP contribution in [-0.4, -0.2) is 23.4 Å². The molecule has 0 radical (unpaired) electrons. The molecule has 1 saturated carbocycles. The van der Waals surface area contributed by atoms with E-state index in [-0.39, 0.29) is 5.92 Å². The second kappa shape index (κ2) is 6.27. The van der Waals surface area contributed by atoms with Crippen molar-refractivity contribution in [1.29, 1.82) is 0 Å². The van der Waals surface area contributed by atoms with Crippen LogP contribution in [0.25, 0.3) is 10.1 Å². The first kappa shape index (κ1) is 15.2. The third-order valence-electron chi connectivity index (χ3n) is 5.74. The van der Waals surface area contributed by atoms with Crippen LogP contribution in [0, 0.1) is 12.8 Å². The molecule has 1 aromatic carbocycles. The van der Waals surface area contributed by atoms with Crippen molar-refractivity contribution in [2.45, 2.75) is 57.9 Å². The monoisotopic (exact) mass is 327 g/mol. The van der Waals surface area contributed by atoms with Crippen molar-refractivity contribution in [2.75, 3.05) is 6.54 Å². The van der Waals surface area contributed by atoms with E-state index < -0.39 is 0 Å². The van der Waals surface area contributed by atoms with Crippen molar-refractivity contribution in [3.8, 4) is 0 Å². The van der Waals surface area contributed by atoms with Gasteiger partial charge in [0, 0.05) is 28.1 Å². The van der Waals surface area contributed by atoms with Gasteiger partial charge in [0.2, 0.25) is 5.91 Å². The Labute approximate surface area is 142 Å². The molecule has 122 valence electrons. The number of carbonyl (C=O) groups is 1. The number of fused-ring (bicyclic) bond motifs is 1. The lowest BCUT2D eigenvalue weighted by molar-refractivity contribution is -0.133. The largest absolute Gasteiger partial charge is 0.339 e. The van der Waals surface area contributed by atoms with Gasteiger partial charge in [-0.3, -0.25) is 4.79 Å². The number of hydrogen-bond donors (Lipinski definition) is 0. The molecule has 2 heterocycles. The smallest absolute Gasteiger partial charge is 0.226 e. The molecule has 1 aliphatic carbocycles. The zero-order valence-electron chi connectivity index (χ0n) is 13.9. The molecular weight excluding hydrogens is 302 g/mol. The molecule has 0 spiro atoms. The molecule has 1 aromatic heterocycles. The molecule has 3 heteroatoms. The average molecular weight is 327 g/mol. The van der Waals surface area contributed by atoms with Crippen molar-refractivity contribution >= 4 is 27.3 Å². The predicted octanol–water partition coefficient (Wildman–Crippen LogP) is 4.93. The molecule has 1 saturated heterocycles. The molecule has 0 bridgehead atoms. The van der Waals surface area contributed by atoms with E-state index in [2.05, 4.69) is 36.1 Å². The quantitative estimate of drug-likeness (QED) is 0.782. The van der Waals surface area contributed by atoms with E-state index in [9.17, 15) is 4.79 Å². The number of aryl methyl sites for hydroxylation is 1. The normalized spacial score (nSPS) is 23.1. The van der Waals surface area contributed by atoms with Crippen molar-refractivity contribution in [3.05, 3.63) is 34.7 Å². The minimum Gasteiger partial charge on any atom is -0.339 e. The predicted molar refractivity (Wildman–Crippen MR) is 97.0 cm³/mol. The second-order valence-corrected chi connectivity index (χ2v) is 8.30. The van der Waals surface area contributed by atoms with E-state index >= 15 is 0 Å². The Kier molecular flexibility index (Phi) is 4.14. The first-order valence-corrected chi connectivity index (χ1v) is 9.83. The van der Waals surface area contributed by atoms with Gasteiger partial charge >= 0.3 is 0 Å². The molecule has 1 amide bonds. The molecule has 4 rings (SSSR count). The number of thiophene rings is 1. The zero-order chi connectivity index (χ0) is 15.8. The Hall–Kier alpha value is -1.35. The van der Waals surface area contributed by atoms with E-state index in [4.69, 9.17) is 0 Å². The SMILES string of the molecule is Cc1c(CC2CCN(C3CCCCC3)C2=O)sc2ccccc12. The molecular formula is C20H25NOS. The van der Waals surface area contributed by atoms with Gasteiger partial charge in [-0.1, -0.05) is 37.5 Å². The number of rotatable bonds is 3. The maximum Gasteiger partial charge on any atom is 0.226 e. The Bertz CT molecular complexity index is 714. The van der Waals surface area contributed by atoms with Crippen LogP contribution in [-0.2, 0) is 11.2 Å². The Morgan fingerprint density at radius 2 is 1.91 bits per heavy atom. The summed E-state index contributed by atoms with van der Waals surface area (Å²) in [5.41, 5.74) is 1.38. The highest BCUT2D eigenvalue weighted by Gasteiger charge is 2.36. The van der Waals surface area contributed by atoms with Crippen molar-refractivity contribution in [1.82, 2.24) is 4.90 Å². The molecule has 1 unspecified atom stereocenters. The highest BCUT2D eigenvalue weighted by Crippen LogP contribution is 2.35. The lowest BCUT2D eigenvalue weighted by Gasteiger charge is -2.31. The number of benzene rings is 1.